The van der Waals surface area contributed by atoms with E-state index in [1.165, 1.54) is 63.0 Å². The van der Waals surface area contributed by atoms with Crippen molar-refractivity contribution in [3.05, 3.63) is 88.9 Å². The molecular formula is C31H36ClN3O. The van der Waals surface area contributed by atoms with Gasteiger partial charge in [-0.1, -0.05) is 66.6 Å². The van der Waals surface area contributed by atoms with Crippen LogP contribution in [0.15, 0.2) is 72.8 Å². The molecule has 1 unspecified atom stereocenters. The van der Waals surface area contributed by atoms with Gasteiger partial charge >= 0.3 is 0 Å². The summed E-state index contributed by atoms with van der Waals surface area (Å²) < 4.78 is 0. The number of amides is 1. The van der Waals surface area contributed by atoms with E-state index in [9.17, 15) is 4.79 Å². The van der Waals surface area contributed by atoms with Gasteiger partial charge < -0.3 is 5.32 Å². The molecule has 3 aromatic carbocycles. The molecule has 2 saturated heterocycles. The fourth-order valence-electron chi connectivity index (χ4n) is 5.48. The first-order valence-electron chi connectivity index (χ1n) is 13.3. The van der Waals surface area contributed by atoms with Gasteiger partial charge in [0.2, 0.25) is 5.91 Å². The molecule has 188 valence electrons. The summed E-state index contributed by atoms with van der Waals surface area (Å²) in [6.45, 7) is 5.99. The van der Waals surface area contributed by atoms with Crippen LogP contribution < -0.4 is 5.32 Å². The lowest BCUT2D eigenvalue weighted by Crippen LogP contribution is -2.40. The van der Waals surface area contributed by atoms with E-state index in [2.05, 4.69) is 39.4 Å². The highest BCUT2D eigenvalue weighted by atomic mass is 35.5. The second-order valence-electron chi connectivity index (χ2n) is 10.2. The second kappa shape index (κ2) is 12.1. The van der Waals surface area contributed by atoms with Crippen molar-refractivity contribution >= 4 is 23.2 Å². The number of benzene rings is 3. The van der Waals surface area contributed by atoms with Crippen LogP contribution in [0.4, 0.5) is 5.69 Å². The molecule has 2 aliphatic heterocycles. The van der Waals surface area contributed by atoms with E-state index in [1.54, 1.807) is 0 Å². The van der Waals surface area contributed by atoms with E-state index < -0.39 is 0 Å². The lowest BCUT2D eigenvalue weighted by Gasteiger charge is -2.32. The van der Waals surface area contributed by atoms with E-state index in [0.717, 1.165) is 40.8 Å². The fraction of sp³-hybridized carbons (Fsp3) is 0.387. The average molecular weight is 502 g/mol. The number of hydrogen-bond acceptors (Lipinski definition) is 3. The minimum Gasteiger partial charge on any atom is -0.326 e. The van der Waals surface area contributed by atoms with Gasteiger partial charge in [0, 0.05) is 42.8 Å². The Kier molecular flexibility index (Phi) is 8.37. The molecule has 2 fully saturated rings. The number of hydrogen-bond donors (Lipinski definition) is 1. The van der Waals surface area contributed by atoms with Crippen LogP contribution in [0, 0.1) is 0 Å². The number of carbonyl (C=O) groups is 1. The normalized spacial score (nSPS) is 18.9. The molecule has 1 atom stereocenters. The van der Waals surface area contributed by atoms with Crippen LogP contribution in [-0.4, -0.2) is 47.9 Å². The Morgan fingerprint density at radius 1 is 0.806 bits per heavy atom. The first-order valence-corrected chi connectivity index (χ1v) is 13.7. The summed E-state index contributed by atoms with van der Waals surface area (Å²) in [7, 11) is 0. The number of halogens is 1. The maximum atomic E-state index is 12.5. The Balaban J connectivity index is 1.05. The molecule has 1 N–H and O–H groups in total. The Morgan fingerprint density at radius 3 is 2.14 bits per heavy atom. The summed E-state index contributed by atoms with van der Waals surface area (Å²) in [5.74, 6) is 0.0409. The third-order valence-corrected chi connectivity index (χ3v) is 7.82. The first kappa shape index (κ1) is 25.0. The zero-order chi connectivity index (χ0) is 24.7. The summed E-state index contributed by atoms with van der Waals surface area (Å²) in [5.41, 5.74) is 5.59. The number of anilines is 1. The van der Waals surface area contributed by atoms with Crippen LogP contribution in [-0.2, 0) is 17.8 Å². The highest BCUT2D eigenvalue weighted by Gasteiger charge is 2.28. The zero-order valence-corrected chi connectivity index (χ0v) is 21.7. The van der Waals surface area contributed by atoms with Gasteiger partial charge in [0.15, 0.2) is 0 Å². The van der Waals surface area contributed by atoms with Gasteiger partial charge in [-0.2, -0.15) is 0 Å². The molecule has 5 rings (SSSR count). The maximum Gasteiger partial charge on any atom is 0.224 e. The Morgan fingerprint density at radius 2 is 1.44 bits per heavy atom. The molecule has 36 heavy (non-hydrogen) atoms. The summed E-state index contributed by atoms with van der Waals surface area (Å²) in [6.07, 6.45) is 6.66. The summed E-state index contributed by atoms with van der Waals surface area (Å²) >= 11 is 5.98. The van der Waals surface area contributed by atoms with E-state index in [-0.39, 0.29) is 5.91 Å². The van der Waals surface area contributed by atoms with Gasteiger partial charge in [0.05, 0.1) is 0 Å². The highest BCUT2D eigenvalue weighted by molar-refractivity contribution is 6.30. The summed E-state index contributed by atoms with van der Waals surface area (Å²) in [4.78, 5) is 17.8. The molecule has 5 heteroatoms. The highest BCUT2D eigenvalue weighted by Crippen LogP contribution is 2.24. The fourth-order valence-corrected chi connectivity index (χ4v) is 5.60. The molecule has 0 aliphatic carbocycles. The molecule has 1 amide bonds. The quantitative estimate of drug-likeness (QED) is 0.376. The lowest BCUT2D eigenvalue weighted by molar-refractivity contribution is -0.116. The molecule has 4 nitrogen and oxygen atoms in total. The van der Waals surface area contributed by atoms with Crippen molar-refractivity contribution < 1.29 is 4.79 Å². The van der Waals surface area contributed by atoms with Crippen molar-refractivity contribution in [1.82, 2.24) is 9.80 Å². The SMILES string of the molecule is O=C(CCc1ccc(CN2CCC(N3CCCCC3)C2)cc1)Nc1ccc(-c2ccc(Cl)cc2)cc1. The van der Waals surface area contributed by atoms with Crippen LogP contribution >= 0.6 is 11.6 Å². The summed E-state index contributed by atoms with van der Waals surface area (Å²) in [5, 5.41) is 3.75. The Labute approximate surface area is 220 Å². The van der Waals surface area contributed by atoms with Gasteiger partial charge in [-0.15, -0.1) is 0 Å². The molecular weight excluding hydrogens is 466 g/mol. The van der Waals surface area contributed by atoms with Crippen molar-refractivity contribution in [3.63, 3.8) is 0 Å². The monoisotopic (exact) mass is 501 g/mol. The third-order valence-electron chi connectivity index (χ3n) is 7.57. The number of nitrogens with zero attached hydrogens (tertiary/aromatic N) is 2. The standard InChI is InChI=1S/C31H36ClN3O/c32-28-13-9-26(10-14-28)27-11-15-29(16-12-27)33-31(36)17-8-24-4-6-25(7-5-24)22-34-21-18-30(23-34)35-19-2-1-3-20-35/h4-7,9-16,30H,1-3,8,17-23H2,(H,33,36). The Hall–Kier alpha value is -2.66. The van der Waals surface area contributed by atoms with Crippen LogP contribution in [0.1, 0.15) is 43.2 Å². The topological polar surface area (TPSA) is 35.6 Å². The molecule has 0 bridgehead atoms. The van der Waals surface area contributed by atoms with Crippen molar-refractivity contribution in [3.8, 4) is 11.1 Å². The minimum atomic E-state index is 0.0409. The van der Waals surface area contributed by atoms with Crippen LogP contribution in [0.5, 0.6) is 0 Å². The van der Waals surface area contributed by atoms with Crippen LogP contribution in [0.2, 0.25) is 5.02 Å². The molecule has 0 saturated carbocycles. The largest absolute Gasteiger partial charge is 0.326 e. The predicted molar refractivity (Wildman–Crippen MR) is 149 cm³/mol. The van der Waals surface area contributed by atoms with E-state index >= 15 is 0 Å². The number of aryl methyl sites for hydroxylation is 1. The smallest absolute Gasteiger partial charge is 0.224 e. The second-order valence-corrected chi connectivity index (χ2v) is 10.7. The van der Waals surface area contributed by atoms with Gasteiger partial charge in [-0.3, -0.25) is 14.6 Å². The Bertz CT molecular complexity index is 1120. The van der Waals surface area contributed by atoms with E-state index in [0.29, 0.717) is 6.42 Å². The molecule has 3 aromatic rings. The lowest BCUT2D eigenvalue weighted by atomic mass is 10.1. The maximum absolute atomic E-state index is 12.5. The predicted octanol–water partition coefficient (Wildman–Crippen LogP) is 6.64. The number of piperidine rings is 1. The van der Waals surface area contributed by atoms with Crippen molar-refractivity contribution in [2.75, 3.05) is 31.5 Å². The third kappa shape index (κ3) is 6.76. The van der Waals surface area contributed by atoms with Crippen LogP contribution in [0.3, 0.4) is 0 Å². The molecule has 2 aliphatic rings. The number of carbonyl (C=O) groups excluding carboxylic acids is 1. The molecule has 0 radical (unpaired) electrons. The number of likely N-dealkylation sites (tertiary alicyclic amines) is 2. The number of rotatable bonds is 8. The average Bonchev–Trinajstić information content (AvgIpc) is 3.38. The van der Waals surface area contributed by atoms with Gasteiger partial charge in [0.1, 0.15) is 0 Å². The van der Waals surface area contributed by atoms with Crippen LogP contribution in [0.25, 0.3) is 11.1 Å². The molecule has 0 aromatic heterocycles. The van der Waals surface area contributed by atoms with Gasteiger partial charge in [0.25, 0.3) is 0 Å². The molecule has 0 spiro atoms. The first-order chi connectivity index (χ1) is 17.6. The zero-order valence-electron chi connectivity index (χ0n) is 21.0. The minimum absolute atomic E-state index is 0.0409. The van der Waals surface area contributed by atoms with Crippen molar-refractivity contribution in [1.29, 1.82) is 0 Å². The number of nitrogens with one attached hydrogen (secondary N) is 1. The van der Waals surface area contributed by atoms with E-state index in [4.69, 9.17) is 11.6 Å². The van der Waals surface area contributed by atoms with Crippen molar-refractivity contribution in [2.45, 2.75) is 51.1 Å². The van der Waals surface area contributed by atoms with Gasteiger partial charge in [-0.25, -0.2) is 0 Å². The van der Waals surface area contributed by atoms with E-state index in [1.807, 2.05) is 48.5 Å². The van der Waals surface area contributed by atoms with Crippen molar-refractivity contribution in [2.24, 2.45) is 0 Å². The summed E-state index contributed by atoms with van der Waals surface area (Å²) in [6, 6.07) is 25.3. The van der Waals surface area contributed by atoms with Gasteiger partial charge in [-0.05, 0) is 85.3 Å². The molecule has 2 heterocycles.